The molecule has 1 aromatic rings. The van der Waals surface area contributed by atoms with E-state index in [0.29, 0.717) is 12.5 Å². The van der Waals surface area contributed by atoms with Crippen LogP contribution in [0.15, 0.2) is 29.2 Å². The standard InChI is InChI=1S/C13H17NO4S/c1-18-13(15)11-7-2-3-8-12(11)19(16,17)14-9-10-5-4-6-10/h2-3,7-8,10,14H,4-6,9H2,1H3. The van der Waals surface area contributed by atoms with Crippen LogP contribution in [0.5, 0.6) is 0 Å². The van der Waals surface area contributed by atoms with Crippen molar-refractivity contribution in [2.24, 2.45) is 5.92 Å². The summed E-state index contributed by atoms with van der Waals surface area (Å²) in [6.45, 7) is 0.428. The van der Waals surface area contributed by atoms with Crippen molar-refractivity contribution in [3.63, 3.8) is 0 Å². The van der Waals surface area contributed by atoms with E-state index in [1.54, 1.807) is 12.1 Å². The van der Waals surface area contributed by atoms with E-state index in [1.165, 1.54) is 19.2 Å². The Morgan fingerprint density at radius 2 is 2.05 bits per heavy atom. The van der Waals surface area contributed by atoms with E-state index in [4.69, 9.17) is 0 Å². The van der Waals surface area contributed by atoms with E-state index in [-0.39, 0.29) is 10.5 Å². The van der Waals surface area contributed by atoms with Gasteiger partial charge < -0.3 is 4.74 Å². The number of hydrogen-bond donors (Lipinski definition) is 1. The van der Waals surface area contributed by atoms with Crippen LogP contribution >= 0.6 is 0 Å². The van der Waals surface area contributed by atoms with Crippen LogP contribution in [0.1, 0.15) is 29.6 Å². The fraction of sp³-hybridized carbons (Fsp3) is 0.462. The molecule has 0 unspecified atom stereocenters. The van der Waals surface area contributed by atoms with E-state index in [1.807, 2.05) is 0 Å². The minimum Gasteiger partial charge on any atom is -0.465 e. The molecule has 6 heteroatoms. The SMILES string of the molecule is COC(=O)c1ccccc1S(=O)(=O)NCC1CCC1. The average Bonchev–Trinajstić information content (AvgIpc) is 2.36. The maximum Gasteiger partial charge on any atom is 0.339 e. The first kappa shape index (κ1) is 14.0. The Balaban J connectivity index is 2.21. The molecule has 104 valence electrons. The monoisotopic (exact) mass is 283 g/mol. The zero-order valence-corrected chi connectivity index (χ0v) is 11.6. The van der Waals surface area contributed by atoms with Crippen LogP contribution in [-0.4, -0.2) is 28.0 Å². The van der Waals surface area contributed by atoms with Gasteiger partial charge in [-0.2, -0.15) is 0 Å². The first-order chi connectivity index (χ1) is 9.04. The Morgan fingerprint density at radius 3 is 2.63 bits per heavy atom. The predicted octanol–water partition coefficient (Wildman–Crippen LogP) is 1.55. The van der Waals surface area contributed by atoms with E-state index in [9.17, 15) is 13.2 Å². The minimum absolute atomic E-state index is 0.0267. The third kappa shape index (κ3) is 3.13. The zero-order chi connectivity index (χ0) is 13.9. The fourth-order valence-electron chi connectivity index (χ4n) is 1.98. The largest absolute Gasteiger partial charge is 0.465 e. The summed E-state index contributed by atoms with van der Waals surface area (Å²) >= 11 is 0. The first-order valence-corrected chi connectivity index (χ1v) is 7.70. The summed E-state index contributed by atoms with van der Waals surface area (Å²) in [4.78, 5) is 11.5. The lowest BCUT2D eigenvalue weighted by Gasteiger charge is -2.25. The molecule has 1 aromatic carbocycles. The molecule has 0 spiro atoms. The van der Waals surface area contributed by atoms with Crippen molar-refractivity contribution in [2.75, 3.05) is 13.7 Å². The highest BCUT2D eigenvalue weighted by Crippen LogP contribution is 2.26. The molecule has 1 fully saturated rings. The Morgan fingerprint density at radius 1 is 1.37 bits per heavy atom. The van der Waals surface area contributed by atoms with Gasteiger partial charge in [-0.25, -0.2) is 17.9 Å². The second-order valence-corrected chi connectivity index (χ2v) is 6.37. The van der Waals surface area contributed by atoms with Crippen LogP contribution in [-0.2, 0) is 14.8 Å². The van der Waals surface area contributed by atoms with E-state index in [2.05, 4.69) is 9.46 Å². The second kappa shape index (κ2) is 5.71. The van der Waals surface area contributed by atoms with Gasteiger partial charge in [-0.1, -0.05) is 18.6 Å². The first-order valence-electron chi connectivity index (χ1n) is 6.21. The molecule has 0 amide bonds. The maximum absolute atomic E-state index is 12.2. The number of carbonyl (C=O) groups excluding carboxylic acids is 1. The lowest BCUT2D eigenvalue weighted by atomic mass is 9.86. The van der Waals surface area contributed by atoms with Gasteiger partial charge in [0, 0.05) is 6.54 Å². The molecule has 0 bridgehead atoms. The third-order valence-electron chi connectivity index (χ3n) is 3.37. The van der Waals surface area contributed by atoms with E-state index < -0.39 is 16.0 Å². The van der Waals surface area contributed by atoms with Crippen molar-refractivity contribution in [1.29, 1.82) is 0 Å². The highest BCUT2D eigenvalue weighted by Gasteiger charge is 2.25. The van der Waals surface area contributed by atoms with Crippen LogP contribution in [0.25, 0.3) is 0 Å². The number of ether oxygens (including phenoxy) is 1. The van der Waals surface area contributed by atoms with E-state index >= 15 is 0 Å². The summed E-state index contributed by atoms with van der Waals surface area (Å²) in [5.41, 5.74) is 0.0612. The van der Waals surface area contributed by atoms with Gasteiger partial charge in [0.25, 0.3) is 0 Å². The van der Waals surface area contributed by atoms with Crippen molar-refractivity contribution in [3.8, 4) is 0 Å². The fourth-order valence-corrected chi connectivity index (χ4v) is 3.29. The highest BCUT2D eigenvalue weighted by molar-refractivity contribution is 7.89. The molecule has 1 saturated carbocycles. The topological polar surface area (TPSA) is 72.5 Å². The zero-order valence-electron chi connectivity index (χ0n) is 10.8. The van der Waals surface area contributed by atoms with Crippen molar-refractivity contribution in [2.45, 2.75) is 24.2 Å². The van der Waals surface area contributed by atoms with Crippen molar-refractivity contribution < 1.29 is 17.9 Å². The molecular weight excluding hydrogens is 266 g/mol. The number of rotatable bonds is 5. The summed E-state index contributed by atoms with van der Waals surface area (Å²) in [6, 6.07) is 6.06. The van der Waals surface area contributed by atoms with Gasteiger partial charge in [0.1, 0.15) is 0 Å². The number of hydrogen-bond acceptors (Lipinski definition) is 4. The van der Waals surface area contributed by atoms with Crippen LogP contribution in [0, 0.1) is 5.92 Å². The molecule has 1 N–H and O–H groups in total. The maximum atomic E-state index is 12.2. The molecule has 1 aliphatic carbocycles. The predicted molar refractivity (Wildman–Crippen MR) is 70.3 cm³/mol. The van der Waals surface area contributed by atoms with Gasteiger partial charge in [0.2, 0.25) is 10.0 Å². The van der Waals surface area contributed by atoms with Crippen LogP contribution in [0.4, 0.5) is 0 Å². The van der Waals surface area contributed by atoms with Gasteiger partial charge in [-0.15, -0.1) is 0 Å². The average molecular weight is 283 g/mol. The molecule has 5 nitrogen and oxygen atoms in total. The number of carbonyl (C=O) groups is 1. The Bertz CT molecular complexity index is 564. The van der Waals surface area contributed by atoms with E-state index in [0.717, 1.165) is 19.3 Å². The molecule has 0 aliphatic heterocycles. The molecule has 0 radical (unpaired) electrons. The lowest BCUT2D eigenvalue weighted by Crippen LogP contribution is -2.33. The quantitative estimate of drug-likeness (QED) is 0.832. The Hall–Kier alpha value is -1.40. The summed E-state index contributed by atoms with van der Waals surface area (Å²) in [5.74, 6) is -0.232. The van der Waals surface area contributed by atoms with Crippen molar-refractivity contribution >= 4 is 16.0 Å². The number of methoxy groups -OCH3 is 1. The Labute approximate surface area is 113 Å². The number of nitrogens with one attached hydrogen (secondary N) is 1. The number of esters is 1. The molecule has 0 aromatic heterocycles. The van der Waals surface area contributed by atoms with Gasteiger partial charge in [-0.3, -0.25) is 0 Å². The van der Waals surface area contributed by atoms with Crippen LogP contribution < -0.4 is 4.72 Å². The second-order valence-electron chi connectivity index (χ2n) is 4.64. The number of sulfonamides is 1. The van der Waals surface area contributed by atoms with Gasteiger partial charge in [0.05, 0.1) is 17.6 Å². The molecule has 19 heavy (non-hydrogen) atoms. The molecule has 1 aliphatic rings. The summed E-state index contributed by atoms with van der Waals surface area (Å²) in [5, 5.41) is 0. The summed E-state index contributed by atoms with van der Waals surface area (Å²) in [7, 11) is -2.44. The van der Waals surface area contributed by atoms with Crippen LogP contribution in [0.2, 0.25) is 0 Å². The number of benzene rings is 1. The molecule has 0 saturated heterocycles. The smallest absolute Gasteiger partial charge is 0.339 e. The van der Waals surface area contributed by atoms with Gasteiger partial charge in [-0.05, 0) is 30.9 Å². The summed E-state index contributed by atoms with van der Waals surface area (Å²) < 4.78 is 31.6. The van der Waals surface area contributed by atoms with Crippen LogP contribution in [0.3, 0.4) is 0 Å². The van der Waals surface area contributed by atoms with Gasteiger partial charge >= 0.3 is 5.97 Å². The van der Waals surface area contributed by atoms with Crippen molar-refractivity contribution in [3.05, 3.63) is 29.8 Å². The molecule has 0 atom stereocenters. The lowest BCUT2D eigenvalue weighted by molar-refractivity contribution is 0.0596. The normalized spacial score (nSPS) is 15.8. The van der Waals surface area contributed by atoms with Gasteiger partial charge in [0.15, 0.2) is 0 Å². The summed E-state index contributed by atoms with van der Waals surface area (Å²) in [6.07, 6.45) is 3.27. The minimum atomic E-state index is -3.67. The molecule has 0 heterocycles. The third-order valence-corrected chi connectivity index (χ3v) is 4.85. The molecular formula is C13H17NO4S. The highest BCUT2D eigenvalue weighted by atomic mass is 32.2. The Kier molecular flexibility index (Phi) is 4.21. The van der Waals surface area contributed by atoms with Crippen molar-refractivity contribution in [1.82, 2.24) is 4.72 Å². The molecule has 2 rings (SSSR count).